The minimum Gasteiger partial charge on any atom is -0.481 e. The molecule has 3 N–H and O–H groups in total. The third-order valence-corrected chi connectivity index (χ3v) is 6.47. The van der Waals surface area contributed by atoms with Gasteiger partial charge in [-0.05, 0) is 42.0 Å². The van der Waals surface area contributed by atoms with Gasteiger partial charge in [0.2, 0.25) is 5.91 Å². The van der Waals surface area contributed by atoms with Gasteiger partial charge in [-0.25, -0.2) is 4.79 Å². The summed E-state index contributed by atoms with van der Waals surface area (Å²) in [6.45, 7) is 2.53. The van der Waals surface area contributed by atoms with Gasteiger partial charge in [0.1, 0.15) is 6.61 Å². The Morgan fingerprint density at radius 3 is 2.35 bits per heavy atom. The number of carboxylic acid groups (broad SMARTS) is 1. The average molecular weight is 467 g/mol. The van der Waals surface area contributed by atoms with Gasteiger partial charge in [-0.15, -0.1) is 0 Å². The van der Waals surface area contributed by atoms with Gasteiger partial charge in [0.25, 0.3) is 0 Å². The number of aliphatic carboxylic acids is 1. The Labute approximate surface area is 198 Å². The number of ether oxygens (including phenoxy) is 2. The number of fused-ring (bicyclic) bond motifs is 3. The molecule has 1 saturated heterocycles. The number of amides is 2. The molecule has 1 fully saturated rings. The first kappa shape index (κ1) is 23.8. The fourth-order valence-corrected chi connectivity index (χ4v) is 4.60. The molecule has 0 aromatic heterocycles. The van der Waals surface area contributed by atoms with Crippen LogP contribution in [0.5, 0.6) is 0 Å². The SMILES string of the molecule is CC(CCC(=O)NC[C@@H]1C[C@H](C(=O)O)CO1)NC(=O)OCC1c2ccccc2-c2ccccc21. The normalized spacial score (nSPS) is 19.7. The smallest absolute Gasteiger partial charge is 0.407 e. The van der Waals surface area contributed by atoms with Crippen molar-refractivity contribution in [1.82, 2.24) is 10.6 Å². The minimum atomic E-state index is -0.873. The van der Waals surface area contributed by atoms with Crippen molar-refractivity contribution < 1.29 is 29.0 Å². The molecule has 180 valence electrons. The molecule has 2 aromatic carbocycles. The van der Waals surface area contributed by atoms with E-state index in [4.69, 9.17) is 14.6 Å². The monoisotopic (exact) mass is 466 g/mol. The second-order valence-corrected chi connectivity index (χ2v) is 8.94. The molecular weight excluding hydrogens is 436 g/mol. The lowest BCUT2D eigenvalue weighted by Gasteiger charge is -2.17. The van der Waals surface area contributed by atoms with Crippen molar-refractivity contribution in [2.75, 3.05) is 19.8 Å². The molecule has 2 amide bonds. The van der Waals surface area contributed by atoms with Crippen LogP contribution in [-0.2, 0) is 19.1 Å². The van der Waals surface area contributed by atoms with E-state index in [1.54, 1.807) is 0 Å². The van der Waals surface area contributed by atoms with Crippen LogP contribution in [-0.4, -0.2) is 55.0 Å². The van der Waals surface area contributed by atoms with Crippen molar-refractivity contribution in [3.8, 4) is 11.1 Å². The number of carbonyl (C=O) groups excluding carboxylic acids is 2. The van der Waals surface area contributed by atoms with E-state index < -0.39 is 18.0 Å². The second kappa shape index (κ2) is 10.7. The number of carboxylic acids is 1. The Balaban J connectivity index is 1.18. The van der Waals surface area contributed by atoms with E-state index in [0.29, 0.717) is 12.8 Å². The molecule has 1 aliphatic carbocycles. The molecule has 8 nitrogen and oxygen atoms in total. The summed E-state index contributed by atoms with van der Waals surface area (Å²) in [4.78, 5) is 35.4. The summed E-state index contributed by atoms with van der Waals surface area (Å²) in [7, 11) is 0. The van der Waals surface area contributed by atoms with Crippen LogP contribution in [0.2, 0.25) is 0 Å². The lowest BCUT2D eigenvalue weighted by Crippen LogP contribution is -2.36. The number of hydrogen-bond acceptors (Lipinski definition) is 5. The summed E-state index contributed by atoms with van der Waals surface area (Å²) in [6.07, 6.45) is 0.310. The molecule has 0 radical (unpaired) electrons. The van der Waals surface area contributed by atoms with Crippen LogP contribution in [0.4, 0.5) is 4.79 Å². The van der Waals surface area contributed by atoms with Crippen LogP contribution in [0.3, 0.4) is 0 Å². The summed E-state index contributed by atoms with van der Waals surface area (Å²) >= 11 is 0. The highest BCUT2D eigenvalue weighted by atomic mass is 16.5. The maximum absolute atomic E-state index is 12.4. The quantitative estimate of drug-likeness (QED) is 0.523. The zero-order chi connectivity index (χ0) is 24.1. The van der Waals surface area contributed by atoms with Gasteiger partial charge in [-0.1, -0.05) is 48.5 Å². The van der Waals surface area contributed by atoms with Gasteiger partial charge < -0.3 is 25.2 Å². The van der Waals surface area contributed by atoms with Gasteiger partial charge in [0, 0.05) is 24.9 Å². The first-order valence-corrected chi connectivity index (χ1v) is 11.6. The summed E-state index contributed by atoms with van der Waals surface area (Å²) in [5.74, 6) is -1.55. The Morgan fingerprint density at radius 1 is 1.09 bits per heavy atom. The van der Waals surface area contributed by atoms with Gasteiger partial charge in [0.05, 0.1) is 18.6 Å². The summed E-state index contributed by atoms with van der Waals surface area (Å²) in [5, 5.41) is 14.6. The minimum absolute atomic E-state index is 0.00207. The highest BCUT2D eigenvalue weighted by Crippen LogP contribution is 2.44. The van der Waals surface area contributed by atoms with Crippen molar-refractivity contribution in [2.24, 2.45) is 5.92 Å². The van der Waals surface area contributed by atoms with Crippen LogP contribution in [0.25, 0.3) is 11.1 Å². The molecular formula is C26H30N2O6. The first-order valence-electron chi connectivity index (χ1n) is 11.6. The van der Waals surface area contributed by atoms with Crippen molar-refractivity contribution in [3.05, 3.63) is 59.7 Å². The molecule has 3 atom stereocenters. The highest BCUT2D eigenvalue weighted by Gasteiger charge is 2.31. The molecule has 2 aliphatic rings. The third-order valence-electron chi connectivity index (χ3n) is 6.47. The molecule has 0 bridgehead atoms. The van der Waals surface area contributed by atoms with E-state index in [1.807, 2.05) is 31.2 Å². The van der Waals surface area contributed by atoms with Gasteiger partial charge in [-0.2, -0.15) is 0 Å². The first-order chi connectivity index (χ1) is 16.4. The van der Waals surface area contributed by atoms with E-state index in [-0.39, 0.29) is 50.2 Å². The second-order valence-electron chi connectivity index (χ2n) is 8.94. The van der Waals surface area contributed by atoms with Crippen LogP contribution in [0, 0.1) is 5.92 Å². The molecule has 1 aliphatic heterocycles. The molecule has 4 rings (SSSR count). The van der Waals surface area contributed by atoms with Crippen molar-refractivity contribution in [2.45, 2.75) is 44.2 Å². The predicted molar refractivity (Wildman–Crippen MR) is 125 cm³/mol. The number of rotatable bonds is 9. The van der Waals surface area contributed by atoms with Crippen LogP contribution in [0.15, 0.2) is 48.5 Å². The number of benzene rings is 2. The molecule has 2 aromatic rings. The fraction of sp³-hybridized carbons (Fsp3) is 0.423. The van der Waals surface area contributed by atoms with E-state index in [9.17, 15) is 14.4 Å². The Kier molecular flexibility index (Phi) is 7.47. The predicted octanol–water partition coefficient (Wildman–Crippen LogP) is 3.30. The van der Waals surface area contributed by atoms with E-state index in [2.05, 4.69) is 34.9 Å². The largest absolute Gasteiger partial charge is 0.481 e. The maximum atomic E-state index is 12.4. The highest BCUT2D eigenvalue weighted by molar-refractivity contribution is 5.79. The lowest BCUT2D eigenvalue weighted by atomic mass is 9.98. The Morgan fingerprint density at radius 2 is 1.74 bits per heavy atom. The summed E-state index contributed by atoms with van der Waals surface area (Å²) < 4.78 is 10.9. The number of alkyl carbamates (subject to hydrolysis) is 1. The van der Waals surface area contributed by atoms with Crippen molar-refractivity contribution in [1.29, 1.82) is 0 Å². The van der Waals surface area contributed by atoms with Crippen LogP contribution < -0.4 is 10.6 Å². The van der Waals surface area contributed by atoms with E-state index >= 15 is 0 Å². The topological polar surface area (TPSA) is 114 Å². The van der Waals surface area contributed by atoms with Crippen LogP contribution >= 0.6 is 0 Å². The maximum Gasteiger partial charge on any atom is 0.407 e. The molecule has 8 heteroatoms. The standard InChI is InChI=1S/C26H30N2O6/c1-16(10-11-24(29)27-13-18-12-17(14-33-18)25(30)31)28-26(32)34-15-23-21-8-4-2-6-19(21)20-7-3-5-9-22(20)23/h2-9,16-18,23H,10-15H2,1H3,(H,27,29)(H,28,32)(H,30,31)/t16?,17-,18-/m0/s1. The third kappa shape index (κ3) is 5.56. The van der Waals surface area contributed by atoms with E-state index in [0.717, 1.165) is 11.1 Å². The molecule has 0 saturated carbocycles. The molecule has 1 unspecified atom stereocenters. The van der Waals surface area contributed by atoms with Gasteiger partial charge >= 0.3 is 12.1 Å². The number of nitrogens with one attached hydrogen (secondary N) is 2. The van der Waals surface area contributed by atoms with Gasteiger partial charge in [-0.3, -0.25) is 9.59 Å². The molecule has 0 spiro atoms. The van der Waals surface area contributed by atoms with Gasteiger partial charge in [0.15, 0.2) is 0 Å². The molecule has 1 heterocycles. The number of carbonyl (C=O) groups is 3. The Bertz CT molecular complexity index is 1010. The Hall–Kier alpha value is -3.39. The number of hydrogen-bond donors (Lipinski definition) is 3. The van der Waals surface area contributed by atoms with E-state index in [1.165, 1.54) is 11.1 Å². The molecule has 34 heavy (non-hydrogen) atoms. The van der Waals surface area contributed by atoms with Crippen LogP contribution in [0.1, 0.15) is 43.2 Å². The van der Waals surface area contributed by atoms with Crippen molar-refractivity contribution >= 4 is 18.0 Å². The average Bonchev–Trinajstić information content (AvgIpc) is 3.43. The summed E-state index contributed by atoms with van der Waals surface area (Å²) in [5.41, 5.74) is 4.66. The zero-order valence-corrected chi connectivity index (χ0v) is 19.2. The fourth-order valence-electron chi connectivity index (χ4n) is 4.60. The summed E-state index contributed by atoms with van der Waals surface area (Å²) in [6, 6.07) is 16.1. The zero-order valence-electron chi connectivity index (χ0n) is 19.2. The lowest BCUT2D eigenvalue weighted by molar-refractivity contribution is -0.141. The van der Waals surface area contributed by atoms with Crippen molar-refractivity contribution in [3.63, 3.8) is 0 Å².